The van der Waals surface area contributed by atoms with Crippen LogP contribution in [-0.4, -0.2) is 27.0 Å². The maximum absolute atomic E-state index is 11.9. The van der Waals surface area contributed by atoms with Gasteiger partial charge in [-0.25, -0.2) is 9.78 Å². The van der Waals surface area contributed by atoms with E-state index in [1.807, 2.05) is 0 Å². The number of rotatable bonds is 3. The number of anilines is 1. The van der Waals surface area contributed by atoms with E-state index >= 15 is 0 Å². The Bertz CT molecular complexity index is 615. The first kappa shape index (κ1) is 12.3. The van der Waals surface area contributed by atoms with E-state index in [-0.39, 0.29) is 17.3 Å². The van der Waals surface area contributed by atoms with Crippen LogP contribution in [-0.2, 0) is 0 Å². The lowest BCUT2D eigenvalue weighted by molar-refractivity contribution is 0.0692. The highest BCUT2D eigenvalue weighted by molar-refractivity contribution is 7.13. The molecule has 6 nitrogen and oxygen atoms in total. The topological polar surface area (TPSA) is 95.1 Å². The van der Waals surface area contributed by atoms with Gasteiger partial charge in [0.1, 0.15) is 10.6 Å². The quantitative estimate of drug-likeness (QED) is 0.791. The SMILES string of the molecule is Cc1cc(NC(=O)c2cnc(C)s2)c(C(=O)O)[nH]1. The molecule has 0 aliphatic carbocycles. The zero-order valence-electron chi connectivity index (χ0n) is 9.77. The Kier molecular flexibility index (Phi) is 3.15. The molecule has 0 aliphatic heterocycles. The molecule has 7 heteroatoms. The third-order valence-electron chi connectivity index (χ3n) is 2.26. The number of aromatic amines is 1. The van der Waals surface area contributed by atoms with Crippen molar-refractivity contribution in [2.24, 2.45) is 0 Å². The number of carbonyl (C=O) groups is 2. The van der Waals surface area contributed by atoms with Crippen molar-refractivity contribution in [3.63, 3.8) is 0 Å². The highest BCUT2D eigenvalue weighted by Gasteiger charge is 2.17. The van der Waals surface area contributed by atoms with Crippen molar-refractivity contribution in [3.05, 3.63) is 33.5 Å². The fourth-order valence-electron chi connectivity index (χ4n) is 1.51. The molecule has 2 aromatic heterocycles. The second-order valence-corrected chi connectivity index (χ2v) is 4.98. The molecule has 0 saturated heterocycles. The number of aryl methyl sites for hydroxylation is 2. The summed E-state index contributed by atoms with van der Waals surface area (Å²) in [6.45, 7) is 3.52. The van der Waals surface area contributed by atoms with Crippen LogP contribution in [0.5, 0.6) is 0 Å². The van der Waals surface area contributed by atoms with Gasteiger partial charge in [-0.05, 0) is 19.9 Å². The molecular formula is C11H11N3O3S. The molecule has 0 atom stereocenters. The van der Waals surface area contributed by atoms with Crippen molar-refractivity contribution in [1.82, 2.24) is 9.97 Å². The van der Waals surface area contributed by atoms with Gasteiger partial charge in [-0.1, -0.05) is 0 Å². The summed E-state index contributed by atoms with van der Waals surface area (Å²) in [4.78, 5) is 29.9. The molecule has 3 N–H and O–H groups in total. The van der Waals surface area contributed by atoms with E-state index in [0.29, 0.717) is 10.6 Å². The monoisotopic (exact) mass is 265 g/mol. The van der Waals surface area contributed by atoms with Crippen LogP contribution in [0.2, 0.25) is 0 Å². The molecule has 0 bridgehead atoms. The minimum atomic E-state index is -1.11. The van der Waals surface area contributed by atoms with Crippen molar-refractivity contribution >= 4 is 28.9 Å². The van der Waals surface area contributed by atoms with E-state index in [9.17, 15) is 9.59 Å². The Labute approximate surface area is 107 Å². The highest BCUT2D eigenvalue weighted by Crippen LogP contribution is 2.19. The van der Waals surface area contributed by atoms with Gasteiger partial charge in [0, 0.05) is 5.69 Å². The van der Waals surface area contributed by atoms with Crippen LogP contribution in [0.3, 0.4) is 0 Å². The number of nitrogens with one attached hydrogen (secondary N) is 2. The largest absolute Gasteiger partial charge is 0.477 e. The van der Waals surface area contributed by atoms with E-state index in [4.69, 9.17) is 5.11 Å². The van der Waals surface area contributed by atoms with Crippen LogP contribution >= 0.6 is 11.3 Å². The third-order valence-corrected chi connectivity index (χ3v) is 3.17. The number of H-pyrrole nitrogens is 1. The maximum Gasteiger partial charge on any atom is 0.354 e. The number of amides is 1. The molecule has 2 heterocycles. The summed E-state index contributed by atoms with van der Waals surface area (Å²) < 4.78 is 0. The van der Waals surface area contributed by atoms with Crippen LogP contribution in [0.15, 0.2) is 12.3 Å². The van der Waals surface area contributed by atoms with E-state index in [1.54, 1.807) is 19.9 Å². The molecule has 94 valence electrons. The van der Waals surface area contributed by atoms with Crippen molar-refractivity contribution in [3.8, 4) is 0 Å². The summed E-state index contributed by atoms with van der Waals surface area (Å²) in [5.41, 5.74) is 0.904. The second kappa shape index (κ2) is 4.61. The second-order valence-electron chi connectivity index (χ2n) is 3.74. The summed E-state index contributed by atoms with van der Waals surface area (Å²) >= 11 is 1.26. The summed E-state index contributed by atoms with van der Waals surface area (Å²) in [5.74, 6) is -1.47. The molecule has 0 spiro atoms. The lowest BCUT2D eigenvalue weighted by Gasteiger charge is -2.01. The minimum Gasteiger partial charge on any atom is -0.477 e. The number of hydrogen-bond acceptors (Lipinski definition) is 4. The van der Waals surface area contributed by atoms with Crippen molar-refractivity contribution in [2.45, 2.75) is 13.8 Å². The molecule has 0 radical (unpaired) electrons. The van der Waals surface area contributed by atoms with Crippen LogP contribution < -0.4 is 5.32 Å². The normalized spacial score (nSPS) is 10.3. The van der Waals surface area contributed by atoms with Crippen LogP contribution in [0.1, 0.15) is 30.9 Å². The third kappa shape index (κ3) is 2.40. The predicted molar refractivity (Wildman–Crippen MR) is 67.3 cm³/mol. The van der Waals surface area contributed by atoms with Crippen molar-refractivity contribution in [1.29, 1.82) is 0 Å². The first-order valence-electron chi connectivity index (χ1n) is 5.14. The molecule has 0 unspecified atom stereocenters. The molecule has 1 amide bonds. The first-order valence-corrected chi connectivity index (χ1v) is 5.95. The standard InChI is InChI=1S/C11H11N3O3S/c1-5-3-7(9(13-5)11(16)17)14-10(15)8-4-12-6(2)18-8/h3-4,13H,1-2H3,(H,14,15)(H,16,17). The molecule has 0 aromatic carbocycles. The van der Waals surface area contributed by atoms with Gasteiger partial charge in [0.05, 0.1) is 16.9 Å². The highest BCUT2D eigenvalue weighted by atomic mass is 32.1. The van der Waals surface area contributed by atoms with Crippen molar-refractivity contribution in [2.75, 3.05) is 5.32 Å². The average Bonchev–Trinajstić information content (AvgIpc) is 2.85. The average molecular weight is 265 g/mol. The summed E-state index contributed by atoms with van der Waals surface area (Å²) in [6, 6.07) is 1.58. The van der Waals surface area contributed by atoms with E-state index < -0.39 is 5.97 Å². The number of nitrogens with zero attached hydrogens (tertiary/aromatic N) is 1. The molecule has 2 aromatic rings. The maximum atomic E-state index is 11.9. The Hall–Kier alpha value is -2.15. The zero-order valence-corrected chi connectivity index (χ0v) is 10.6. The number of carbonyl (C=O) groups excluding carboxylic acids is 1. The van der Waals surface area contributed by atoms with E-state index in [0.717, 1.165) is 5.01 Å². The Balaban J connectivity index is 2.24. The number of aromatic carboxylic acids is 1. The fraction of sp³-hybridized carbons (Fsp3) is 0.182. The Morgan fingerprint density at radius 3 is 2.72 bits per heavy atom. The summed E-state index contributed by atoms with van der Waals surface area (Å²) in [7, 11) is 0. The Morgan fingerprint density at radius 2 is 2.17 bits per heavy atom. The van der Waals surface area contributed by atoms with E-state index in [1.165, 1.54) is 17.5 Å². The fourth-order valence-corrected chi connectivity index (χ4v) is 2.18. The summed E-state index contributed by atoms with van der Waals surface area (Å²) in [5, 5.41) is 12.3. The number of carboxylic acid groups (broad SMARTS) is 1. The van der Waals surface area contributed by atoms with Crippen molar-refractivity contribution < 1.29 is 14.7 Å². The van der Waals surface area contributed by atoms with Crippen LogP contribution in [0.4, 0.5) is 5.69 Å². The molecule has 18 heavy (non-hydrogen) atoms. The number of carboxylic acids is 1. The smallest absolute Gasteiger partial charge is 0.354 e. The summed E-state index contributed by atoms with van der Waals surface area (Å²) in [6.07, 6.45) is 1.47. The first-order chi connectivity index (χ1) is 8.47. The van der Waals surface area contributed by atoms with Gasteiger partial charge in [-0.3, -0.25) is 4.79 Å². The van der Waals surface area contributed by atoms with Gasteiger partial charge in [0.2, 0.25) is 0 Å². The van der Waals surface area contributed by atoms with Crippen LogP contribution in [0, 0.1) is 13.8 Å². The van der Waals surface area contributed by atoms with E-state index in [2.05, 4.69) is 15.3 Å². The van der Waals surface area contributed by atoms with Gasteiger partial charge >= 0.3 is 5.97 Å². The molecule has 0 aliphatic rings. The molecule has 0 saturated carbocycles. The molecule has 0 fully saturated rings. The number of aromatic nitrogens is 2. The van der Waals surface area contributed by atoms with Gasteiger partial charge in [-0.2, -0.15) is 0 Å². The number of thiazole rings is 1. The van der Waals surface area contributed by atoms with Gasteiger partial charge in [0.25, 0.3) is 5.91 Å². The van der Waals surface area contributed by atoms with Crippen LogP contribution in [0.25, 0.3) is 0 Å². The minimum absolute atomic E-state index is 0.0258. The predicted octanol–water partition coefficient (Wildman–Crippen LogP) is 2.04. The van der Waals surface area contributed by atoms with Gasteiger partial charge in [-0.15, -0.1) is 11.3 Å². The lowest BCUT2D eigenvalue weighted by Crippen LogP contribution is -2.12. The number of hydrogen-bond donors (Lipinski definition) is 3. The molecular weight excluding hydrogens is 254 g/mol. The Morgan fingerprint density at radius 1 is 1.44 bits per heavy atom. The zero-order chi connectivity index (χ0) is 13.3. The molecule has 2 rings (SSSR count). The van der Waals surface area contributed by atoms with Gasteiger partial charge in [0.15, 0.2) is 0 Å². The van der Waals surface area contributed by atoms with Gasteiger partial charge < -0.3 is 15.4 Å². The lowest BCUT2D eigenvalue weighted by atomic mass is 10.3.